The van der Waals surface area contributed by atoms with Gasteiger partial charge < -0.3 is 29.9 Å². The van der Waals surface area contributed by atoms with Gasteiger partial charge in [-0.1, -0.05) is 12.1 Å². The van der Waals surface area contributed by atoms with E-state index in [0.29, 0.717) is 11.1 Å². The smallest absolute Gasteiger partial charge is 0.160 e. The maximum atomic E-state index is 10.6. The molecule has 0 amide bonds. The Kier molecular flexibility index (Phi) is 5.31. The summed E-state index contributed by atoms with van der Waals surface area (Å²) in [4.78, 5) is 0. The number of aliphatic hydroxyl groups is 2. The van der Waals surface area contributed by atoms with Crippen LogP contribution in [0.25, 0.3) is 0 Å². The van der Waals surface area contributed by atoms with Gasteiger partial charge in [0.05, 0.1) is 26.9 Å². The van der Waals surface area contributed by atoms with Gasteiger partial charge in [-0.3, -0.25) is 0 Å². The highest BCUT2D eigenvalue weighted by atomic mass is 16.5. The Labute approximate surface area is 134 Å². The van der Waals surface area contributed by atoms with Gasteiger partial charge in [-0.05, 0) is 35.4 Å². The van der Waals surface area contributed by atoms with Crippen molar-refractivity contribution in [2.24, 2.45) is 0 Å². The standard InChI is InChI=1S/C17H20O6/c1-22-15-7-10(3-5-13(15)19)12(9-18)17(21)11-4-6-14(20)16(8-11)23-2/h3-8,12,17-21H,9H2,1-2H3/t12?,17-/m0/s1. The monoisotopic (exact) mass is 320 g/mol. The number of aliphatic hydroxyl groups excluding tert-OH is 2. The molecular weight excluding hydrogens is 300 g/mol. The number of phenols is 2. The molecule has 0 aromatic heterocycles. The maximum Gasteiger partial charge on any atom is 0.160 e. The number of aromatic hydroxyl groups is 2. The zero-order chi connectivity index (χ0) is 17.0. The van der Waals surface area contributed by atoms with Gasteiger partial charge in [-0.25, -0.2) is 0 Å². The fourth-order valence-electron chi connectivity index (χ4n) is 2.42. The van der Waals surface area contributed by atoms with Gasteiger partial charge in [0.25, 0.3) is 0 Å². The van der Waals surface area contributed by atoms with Crippen LogP contribution in [0.3, 0.4) is 0 Å². The lowest BCUT2D eigenvalue weighted by Crippen LogP contribution is -2.15. The van der Waals surface area contributed by atoms with E-state index >= 15 is 0 Å². The van der Waals surface area contributed by atoms with E-state index in [9.17, 15) is 20.4 Å². The fourth-order valence-corrected chi connectivity index (χ4v) is 2.42. The van der Waals surface area contributed by atoms with E-state index in [4.69, 9.17) is 9.47 Å². The highest BCUT2D eigenvalue weighted by Crippen LogP contribution is 2.37. The van der Waals surface area contributed by atoms with Crippen LogP contribution in [0, 0.1) is 0 Å². The first-order valence-corrected chi connectivity index (χ1v) is 7.04. The summed E-state index contributed by atoms with van der Waals surface area (Å²) < 4.78 is 10.1. The zero-order valence-electron chi connectivity index (χ0n) is 12.9. The van der Waals surface area contributed by atoms with Crippen molar-refractivity contribution in [3.63, 3.8) is 0 Å². The fraction of sp³-hybridized carbons (Fsp3) is 0.294. The molecule has 1 unspecified atom stereocenters. The minimum atomic E-state index is -1.02. The molecule has 0 aliphatic carbocycles. The van der Waals surface area contributed by atoms with Crippen LogP contribution in [0.2, 0.25) is 0 Å². The van der Waals surface area contributed by atoms with Crippen LogP contribution in [0.5, 0.6) is 23.0 Å². The Morgan fingerprint density at radius 3 is 1.83 bits per heavy atom. The molecule has 2 atom stereocenters. The summed E-state index contributed by atoms with van der Waals surface area (Å²) in [6.45, 7) is -0.307. The van der Waals surface area contributed by atoms with E-state index in [2.05, 4.69) is 0 Å². The molecule has 0 spiro atoms. The molecular formula is C17H20O6. The van der Waals surface area contributed by atoms with Crippen LogP contribution >= 0.6 is 0 Å². The quantitative estimate of drug-likeness (QED) is 0.649. The van der Waals surface area contributed by atoms with Crippen molar-refractivity contribution in [2.75, 3.05) is 20.8 Å². The minimum absolute atomic E-state index is 0.0197. The lowest BCUT2D eigenvalue weighted by Gasteiger charge is -2.23. The molecule has 0 saturated heterocycles. The predicted octanol–water partition coefficient (Wildman–Crippen LogP) is 1.92. The number of methoxy groups -OCH3 is 2. The first-order chi connectivity index (χ1) is 11.0. The second kappa shape index (κ2) is 7.21. The number of benzene rings is 2. The molecule has 6 nitrogen and oxygen atoms in total. The van der Waals surface area contributed by atoms with Crippen molar-refractivity contribution in [3.8, 4) is 23.0 Å². The van der Waals surface area contributed by atoms with E-state index in [1.54, 1.807) is 18.2 Å². The van der Waals surface area contributed by atoms with Crippen molar-refractivity contribution >= 4 is 0 Å². The van der Waals surface area contributed by atoms with E-state index in [0.717, 1.165) is 0 Å². The van der Waals surface area contributed by atoms with Crippen LogP contribution in [0.1, 0.15) is 23.1 Å². The van der Waals surface area contributed by atoms with Gasteiger partial charge in [-0.15, -0.1) is 0 Å². The van der Waals surface area contributed by atoms with Crippen molar-refractivity contribution in [1.29, 1.82) is 0 Å². The second-order valence-electron chi connectivity index (χ2n) is 5.10. The molecule has 2 aromatic rings. The van der Waals surface area contributed by atoms with Crippen molar-refractivity contribution < 1.29 is 29.9 Å². The number of phenolic OH excluding ortho intramolecular Hbond substituents is 2. The van der Waals surface area contributed by atoms with Gasteiger partial charge in [0.1, 0.15) is 0 Å². The van der Waals surface area contributed by atoms with Gasteiger partial charge in [0, 0.05) is 5.92 Å². The lowest BCUT2D eigenvalue weighted by molar-refractivity contribution is 0.106. The Bertz CT molecular complexity index is 670. The number of rotatable bonds is 6. The summed E-state index contributed by atoms with van der Waals surface area (Å²) in [6, 6.07) is 9.12. The van der Waals surface area contributed by atoms with Gasteiger partial charge in [-0.2, -0.15) is 0 Å². The van der Waals surface area contributed by atoms with E-state index in [1.807, 2.05) is 0 Å². The lowest BCUT2D eigenvalue weighted by atomic mass is 9.89. The SMILES string of the molecule is COc1cc(C(CO)[C@@H](O)c2ccc(O)c(OC)c2)ccc1O. The van der Waals surface area contributed by atoms with Crippen LogP contribution in [-0.4, -0.2) is 41.3 Å². The Morgan fingerprint density at radius 1 is 0.870 bits per heavy atom. The van der Waals surface area contributed by atoms with Crippen LogP contribution in [-0.2, 0) is 0 Å². The topological polar surface area (TPSA) is 99.4 Å². The number of hydrogen-bond acceptors (Lipinski definition) is 6. The minimum Gasteiger partial charge on any atom is -0.504 e. The molecule has 0 fully saturated rings. The zero-order valence-corrected chi connectivity index (χ0v) is 12.9. The first-order valence-electron chi connectivity index (χ1n) is 7.04. The average molecular weight is 320 g/mol. The normalized spacial score (nSPS) is 13.4. The second-order valence-corrected chi connectivity index (χ2v) is 5.10. The molecule has 0 bridgehead atoms. The van der Waals surface area contributed by atoms with Crippen LogP contribution < -0.4 is 9.47 Å². The summed E-state index contributed by atoms with van der Waals surface area (Å²) in [7, 11) is 2.84. The van der Waals surface area contributed by atoms with Crippen molar-refractivity contribution in [3.05, 3.63) is 47.5 Å². The largest absolute Gasteiger partial charge is 0.504 e. The molecule has 0 aliphatic rings. The Balaban J connectivity index is 2.36. The molecule has 23 heavy (non-hydrogen) atoms. The molecule has 0 heterocycles. The summed E-state index contributed by atoms with van der Waals surface area (Å²) >= 11 is 0. The molecule has 0 radical (unpaired) electrons. The van der Waals surface area contributed by atoms with Gasteiger partial charge >= 0.3 is 0 Å². The van der Waals surface area contributed by atoms with Crippen molar-refractivity contribution in [1.82, 2.24) is 0 Å². The van der Waals surface area contributed by atoms with Gasteiger partial charge in [0.2, 0.25) is 0 Å². The molecule has 0 aliphatic heterocycles. The highest BCUT2D eigenvalue weighted by molar-refractivity contribution is 5.45. The van der Waals surface area contributed by atoms with E-state index in [-0.39, 0.29) is 29.6 Å². The highest BCUT2D eigenvalue weighted by Gasteiger charge is 2.24. The summed E-state index contributed by atoms with van der Waals surface area (Å²) in [5.74, 6) is -0.180. The Morgan fingerprint density at radius 2 is 1.35 bits per heavy atom. The molecule has 4 N–H and O–H groups in total. The molecule has 2 aromatic carbocycles. The molecule has 6 heteroatoms. The summed E-state index contributed by atoms with van der Waals surface area (Å²) in [5.41, 5.74) is 1.10. The third-order valence-electron chi connectivity index (χ3n) is 3.76. The van der Waals surface area contributed by atoms with Crippen LogP contribution in [0.4, 0.5) is 0 Å². The maximum absolute atomic E-state index is 10.6. The average Bonchev–Trinajstić information content (AvgIpc) is 2.57. The van der Waals surface area contributed by atoms with Crippen LogP contribution in [0.15, 0.2) is 36.4 Å². The molecule has 0 saturated carbocycles. The number of hydrogen-bond donors (Lipinski definition) is 4. The van der Waals surface area contributed by atoms with E-state index in [1.165, 1.54) is 32.4 Å². The first kappa shape index (κ1) is 16.9. The summed E-state index contributed by atoms with van der Waals surface area (Å²) in [5, 5.41) is 39.5. The number of ether oxygens (including phenoxy) is 2. The molecule has 2 rings (SSSR count). The third-order valence-corrected chi connectivity index (χ3v) is 3.76. The third kappa shape index (κ3) is 3.49. The Hall–Kier alpha value is -2.44. The predicted molar refractivity (Wildman–Crippen MR) is 84.1 cm³/mol. The van der Waals surface area contributed by atoms with E-state index < -0.39 is 12.0 Å². The summed E-state index contributed by atoms with van der Waals surface area (Å²) in [6.07, 6.45) is -1.02. The molecule has 124 valence electrons. The van der Waals surface area contributed by atoms with Gasteiger partial charge in [0.15, 0.2) is 23.0 Å². The van der Waals surface area contributed by atoms with Crippen molar-refractivity contribution in [2.45, 2.75) is 12.0 Å².